The lowest BCUT2D eigenvalue weighted by atomic mass is 10.3. The maximum Gasteiger partial charge on any atom is 0.344 e. The fourth-order valence-electron chi connectivity index (χ4n) is 1.49. The van der Waals surface area contributed by atoms with Gasteiger partial charge < -0.3 is 13.9 Å². The van der Waals surface area contributed by atoms with E-state index in [4.69, 9.17) is 13.9 Å². The lowest BCUT2D eigenvalue weighted by Gasteiger charge is -2.08. The molecule has 8 nitrogen and oxygen atoms in total. The molecule has 0 unspecified atom stereocenters. The topological polar surface area (TPSA) is 107 Å². The van der Waals surface area contributed by atoms with Crippen LogP contribution >= 0.6 is 15.9 Å². The summed E-state index contributed by atoms with van der Waals surface area (Å²) in [4.78, 5) is 34.4. The zero-order chi connectivity index (χ0) is 17.4. The van der Waals surface area contributed by atoms with Gasteiger partial charge in [-0.2, -0.15) is 0 Å². The molecule has 0 bridgehead atoms. The highest BCUT2D eigenvalue weighted by molar-refractivity contribution is 9.10. The van der Waals surface area contributed by atoms with Crippen molar-refractivity contribution in [1.29, 1.82) is 0 Å². The number of ether oxygens (including phenoxy) is 2. The largest absolute Gasteiger partial charge is 0.482 e. The van der Waals surface area contributed by atoms with Crippen molar-refractivity contribution < 1.29 is 28.3 Å². The molecule has 24 heavy (non-hydrogen) atoms. The molecule has 0 aliphatic rings. The highest BCUT2D eigenvalue weighted by Gasteiger charge is 2.11. The molecule has 0 atom stereocenters. The number of furan rings is 1. The van der Waals surface area contributed by atoms with Crippen LogP contribution in [0.25, 0.3) is 0 Å². The summed E-state index contributed by atoms with van der Waals surface area (Å²) in [5, 5.41) is 0. The van der Waals surface area contributed by atoms with Gasteiger partial charge in [0.2, 0.25) is 0 Å². The first-order chi connectivity index (χ1) is 11.5. The van der Waals surface area contributed by atoms with E-state index in [-0.39, 0.29) is 12.4 Å². The van der Waals surface area contributed by atoms with E-state index in [1.54, 1.807) is 24.3 Å². The van der Waals surface area contributed by atoms with Gasteiger partial charge in [0, 0.05) is 4.47 Å². The second-order valence-corrected chi connectivity index (χ2v) is 5.30. The van der Waals surface area contributed by atoms with Gasteiger partial charge in [0.15, 0.2) is 19.0 Å². The molecule has 0 spiro atoms. The smallest absolute Gasteiger partial charge is 0.344 e. The molecule has 1 aromatic heterocycles. The van der Waals surface area contributed by atoms with E-state index in [0.717, 1.165) is 4.47 Å². The van der Waals surface area contributed by atoms with Gasteiger partial charge in [0.05, 0.1) is 6.26 Å². The zero-order valence-electron chi connectivity index (χ0n) is 12.3. The number of carbonyl (C=O) groups is 3. The number of rotatable bonds is 6. The molecular formula is C15H13BrN2O6. The Labute approximate surface area is 145 Å². The number of carbonyl (C=O) groups excluding carboxylic acids is 3. The second-order valence-electron chi connectivity index (χ2n) is 4.38. The van der Waals surface area contributed by atoms with Crippen LogP contribution in [-0.2, 0) is 14.3 Å². The molecule has 1 aromatic carbocycles. The van der Waals surface area contributed by atoms with Crippen molar-refractivity contribution in [2.45, 2.75) is 0 Å². The summed E-state index contributed by atoms with van der Waals surface area (Å²) in [6.07, 6.45) is 1.32. The summed E-state index contributed by atoms with van der Waals surface area (Å²) in [5.41, 5.74) is 4.20. The molecule has 0 saturated carbocycles. The Kier molecular flexibility index (Phi) is 6.38. The Morgan fingerprint density at radius 1 is 1.04 bits per heavy atom. The van der Waals surface area contributed by atoms with Gasteiger partial charge in [-0.1, -0.05) is 15.9 Å². The quantitative estimate of drug-likeness (QED) is 0.564. The van der Waals surface area contributed by atoms with Crippen LogP contribution in [0.15, 0.2) is 51.6 Å². The minimum Gasteiger partial charge on any atom is -0.482 e. The zero-order valence-corrected chi connectivity index (χ0v) is 13.9. The molecule has 2 aromatic rings. The molecule has 9 heteroatoms. The van der Waals surface area contributed by atoms with Crippen LogP contribution in [0.4, 0.5) is 0 Å². The van der Waals surface area contributed by atoms with Crippen LogP contribution in [0.5, 0.6) is 5.75 Å². The van der Waals surface area contributed by atoms with Gasteiger partial charge in [-0.3, -0.25) is 20.4 Å². The van der Waals surface area contributed by atoms with Crippen molar-refractivity contribution in [3.63, 3.8) is 0 Å². The first-order valence-corrected chi connectivity index (χ1v) is 7.50. The molecule has 0 aliphatic heterocycles. The van der Waals surface area contributed by atoms with Gasteiger partial charge in [-0.25, -0.2) is 4.79 Å². The first kappa shape index (κ1) is 17.5. The number of benzene rings is 1. The van der Waals surface area contributed by atoms with Gasteiger partial charge >= 0.3 is 11.9 Å². The average molecular weight is 397 g/mol. The lowest BCUT2D eigenvalue weighted by molar-refractivity contribution is -0.150. The SMILES string of the molecule is O=C(COC(=O)COc1ccc(Br)cc1)NNC(=O)c1ccco1. The summed E-state index contributed by atoms with van der Waals surface area (Å²) in [6, 6.07) is 9.83. The molecule has 2 amide bonds. The Morgan fingerprint density at radius 3 is 2.46 bits per heavy atom. The number of nitrogens with one attached hydrogen (secondary N) is 2. The number of hydrazine groups is 1. The standard InChI is InChI=1S/C15H13BrN2O6/c16-10-3-5-11(6-4-10)23-9-14(20)24-8-13(19)17-18-15(21)12-2-1-7-22-12/h1-7H,8-9H2,(H,17,19)(H,18,21). The van der Waals surface area contributed by atoms with E-state index in [0.29, 0.717) is 5.75 Å². The number of esters is 1. The van der Waals surface area contributed by atoms with Crippen molar-refractivity contribution in [3.05, 3.63) is 52.9 Å². The number of hydrogen-bond acceptors (Lipinski definition) is 6. The first-order valence-electron chi connectivity index (χ1n) is 6.71. The Bertz CT molecular complexity index is 699. The monoisotopic (exact) mass is 396 g/mol. The van der Waals surface area contributed by atoms with Crippen LogP contribution in [0.3, 0.4) is 0 Å². The number of amides is 2. The molecule has 1 heterocycles. The molecule has 0 saturated heterocycles. The van der Waals surface area contributed by atoms with Crippen molar-refractivity contribution >= 4 is 33.7 Å². The van der Waals surface area contributed by atoms with Gasteiger partial charge in [-0.05, 0) is 36.4 Å². The predicted molar refractivity (Wildman–Crippen MR) is 84.9 cm³/mol. The maximum absolute atomic E-state index is 11.5. The van der Waals surface area contributed by atoms with E-state index in [1.807, 2.05) is 0 Å². The summed E-state index contributed by atoms with van der Waals surface area (Å²) in [7, 11) is 0. The van der Waals surface area contributed by atoms with Crippen molar-refractivity contribution in [2.24, 2.45) is 0 Å². The number of halogens is 1. The fraction of sp³-hybridized carbons (Fsp3) is 0.133. The average Bonchev–Trinajstić information content (AvgIpc) is 3.12. The van der Waals surface area contributed by atoms with E-state index < -0.39 is 24.4 Å². The predicted octanol–water partition coefficient (Wildman–Crippen LogP) is 1.43. The van der Waals surface area contributed by atoms with Crippen LogP contribution in [-0.4, -0.2) is 31.0 Å². The minimum atomic E-state index is -0.717. The Hall–Kier alpha value is -2.81. The molecule has 2 N–H and O–H groups in total. The third-order valence-electron chi connectivity index (χ3n) is 2.59. The van der Waals surface area contributed by atoms with Gasteiger partial charge in [-0.15, -0.1) is 0 Å². The Balaban J connectivity index is 1.63. The van der Waals surface area contributed by atoms with E-state index in [1.165, 1.54) is 18.4 Å². The highest BCUT2D eigenvalue weighted by Crippen LogP contribution is 2.15. The molecule has 126 valence electrons. The molecule has 2 rings (SSSR count). The molecule has 0 fully saturated rings. The van der Waals surface area contributed by atoms with Crippen molar-refractivity contribution in [2.75, 3.05) is 13.2 Å². The third kappa shape index (κ3) is 5.76. The maximum atomic E-state index is 11.5. The Morgan fingerprint density at radius 2 is 1.79 bits per heavy atom. The highest BCUT2D eigenvalue weighted by atomic mass is 79.9. The van der Waals surface area contributed by atoms with E-state index in [2.05, 4.69) is 26.8 Å². The fourth-order valence-corrected chi connectivity index (χ4v) is 1.76. The third-order valence-corrected chi connectivity index (χ3v) is 3.12. The van der Waals surface area contributed by atoms with Crippen molar-refractivity contribution in [1.82, 2.24) is 10.9 Å². The van der Waals surface area contributed by atoms with Gasteiger partial charge in [0.1, 0.15) is 5.75 Å². The normalized spacial score (nSPS) is 9.88. The summed E-state index contributed by atoms with van der Waals surface area (Å²) < 4.78 is 15.6. The van der Waals surface area contributed by atoms with Crippen LogP contribution in [0.1, 0.15) is 10.6 Å². The second kappa shape index (κ2) is 8.73. The van der Waals surface area contributed by atoms with Crippen LogP contribution in [0.2, 0.25) is 0 Å². The molecule has 0 aliphatic carbocycles. The summed E-state index contributed by atoms with van der Waals surface area (Å²) >= 11 is 3.28. The molecular weight excluding hydrogens is 384 g/mol. The van der Waals surface area contributed by atoms with Crippen molar-refractivity contribution in [3.8, 4) is 5.75 Å². The summed E-state index contributed by atoms with van der Waals surface area (Å²) in [6.45, 7) is -0.894. The van der Waals surface area contributed by atoms with Crippen LogP contribution in [0, 0.1) is 0 Å². The lowest BCUT2D eigenvalue weighted by Crippen LogP contribution is -2.43. The van der Waals surface area contributed by atoms with Gasteiger partial charge in [0.25, 0.3) is 5.91 Å². The van der Waals surface area contributed by atoms with E-state index >= 15 is 0 Å². The van der Waals surface area contributed by atoms with Crippen LogP contribution < -0.4 is 15.6 Å². The molecule has 0 radical (unpaired) electrons. The van der Waals surface area contributed by atoms with E-state index in [9.17, 15) is 14.4 Å². The minimum absolute atomic E-state index is 0.0372. The number of hydrogen-bond donors (Lipinski definition) is 2. The summed E-state index contributed by atoms with van der Waals surface area (Å²) in [5.74, 6) is -1.52.